The maximum Gasteiger partial charge on any atom is 0.251 e. The van der Waals surface area contributed by atoms with Crippen LogP contribution in [0.25, 0.3) is 0 Å². The first-order chi connectivity index (χ1) is 7.04. The molecule has 0 spiro atoms. The van der Waals surface area contributed by atoms with Gasteiger partial charge in [-0.05, 0) is 54.6 Å². The van der Waals surface area contributed by atoms with Crippen LogP contribution in [0.15, 0.2) is 18.2 Å². The molecule has 0 aromatic heterocycles. The number of halogens is 1. The molecule has 1 aromatic rings. The Labute approximate surface area is 103 Å². The third-order valence-corrected chi connectivity index (χ3v) is 2.67. The fourth-order valence-electron chi connectivity index (χ4n) is 1.13. The summed E-state index contributed by atoms with van der Waals surface area (Å²) in [6.07, 6.45) is 0.110. The summed E-state index contributed by atoms with van der Waals surface area (Å²) < 4.78 is 6.60. The van der Waals surface area contributed by atoms with Crippen molar-refractivity contribution in [3.63, 3.8) is 0 Å². The molecule has 0 aliphatic rings. The van der Waals surface area contributed by atoms with Gasteiger partial charge in [0.15, 0.2) is 0 Å². The van der Waals surface area contributed by atoms with Crippen molar-refractivity contribution in [3.8, 4) is 5.75 Å². The monoisotopic (exact) mass is 319 g/mol. The zero-order chi connectivity index (χ0) is 11.4. The normalized spacial score (nSPS) is 10.2. The zero-order valence-corrected chi connectivity index (χ0v) is 11.2. The molecule has 0 saturated heterocycles. The molecular formula is C11H14INO2. The van der Waals surface area contributed by atoms with E-state index in [2.05, 4.69) is 27.9 Å². The van der Waals surface area contributed by atoms with Gasteiger partial charge in [-0.1, -0.05) is 0 Å². The second kappa shape index (κ2) is 5.34. The van der Waals surface area contributed by atoms with Gasteiger partial charge < -0.3 is 10.1 Å². The van der Waals surface area contributed by atoms with Crippen LogP contribution in [0.1, 0.15) is 24.2 Å². The summed E-state index contributed by atoms with van der Waals surface area (Å²) in [6, 6.07) is 5.43. The minimum Gasteiger partial charge on any atom is -0.490 e. The molecule has 1 amide bonds. The van der Waals surface area contributed by atoms with Crippen LogP contribution in [0.4, 0.5) is 0 Å². The number of nitrogens with one attached hydrogen (secondary N) is 1. The summed E-state index contributed by atoms with van der Waals surface area (Å²) in [5, 5.41) is 2.58. The maximum atomic E-state index is 11.4. The van der Waals surface area contributed by atoms with E-state index in [1.54, 1.807) is 19.2 Å². The van der Waals surface area contributed by atoms with Gasteiger partial charge in [0, 0.05) is 12.6 Å². The number of benzene rings is 1. The summed E-state index contributed by atoms with van der Waals surface area (Å²) in [7, 11) is 1.61. The van der Waals surface area contributed by atoms with Crippen LogP contribution in [0.3, 0.4) is 0 Å². The van der Waals surface area contributed by atoms with Crippen LogP contribution in [0.5, 0.6) is 5.75 Å². The molecule has 0 saturated carbocycles. The molecule has 1 aromatic carbocycles. The van der Waals surface area contributed by atoms with Gasteiger partial charge in [0.2, 0.25) is 0 Å². The first kappa shape index (κ1) is 12.3. The molecule has 0 heterocycles. The van der Waals surface area contributed by atoms with Crippen molar-refractivity contribution in [2.75, 3.05) is 7.05 Å². The predicted octanol–water partition coefficient (Wildman–Crippen LogP) is 2.44. The van der Waals surface area contributed by atoms with E-state index in [1.807, 2.05) is 19.9 Å². The van der Waals surface area contributed by atoms with Crippen LogP contribution in [-0.4, -0.2) is 19.1 Å². The average molecular weight is 319 g/mol. The van der Waals surface area contributed by atoms with E-state index in [0.717, 1.165) is 9.32 Å². The van der Waals surface area contributed by atoms with Gasteiger partial charge in [0.25, 0.3) is 5.91 Å². The molecule has 3 nitrogen and oxygen atoms in total. The number of rotatable bonds is 3. The Morgan fingerprint density at radius 1 is 1.47 bits per heavy atom. The Balaban J connectivity index is 2.99. The van der Waals surface area contributed by atoms with E-state index >= 15 is 0 Å². The number of hydrogen-bond donors (Lipinski definition) is 1. The third-order valence-electron chi connectivity index (χ3n) is 1.78. The number of ether oxygens (including phenoxy) is 1. The molecule has 1 N–H and O–H groups in total. The van der Waals surface area contributed by atoms with E-state index in [-0.39, 0.29) is 12.0 Å². The Morgan fingerprint density at radius 2 is 2.13 bits per heavy atom. The summed E-state index contributed by atoms with van der Waals surface area (Å²) in [5.74, 6) is 0.659. The summed E-state index contributed by atoms with van der Waals surface area (Å²) in [4.78, 5) is 11.4. The van der Waals surface area contributed by atoms with Crippen molar-refractivity contribution in [2.24, 2.45) is 0 Å². The number of carbonyl (C=O) groups excluding carboxylic acids is 1. The lowest BCUT2D eigenvalue weighted by Gasteiger charge is -2.12. The highest BCUT2D eigenvalue weighted by Gasteiger charge is 2.08. The van der Waals surface area contributed by atoms with Gasteiger partial charge in [-0.3, -0.25) is 4.79 Å². The molecule has 4 heteroatoms. The first-order valence-electron chi connectivity index (χ1n) is 4.73. The maximum absolute atomic E-state index is 11.4. The summed E-state index contributed by atoms with van der Waals surface area (Å²) in [6.45, 7) is 3.92. The Hall–Kier alpha value is -0.780. The van der Waals surface area contributed by atoms with Gasteiger partial charge in [0.1, 0.15) is 5.75 Å². The molecule has 0 fully saturated rings. The van der Waals surface area contributed by atoms with E-state index < -0.39 is 0 Å². The SMILES string of the molecule is CNC(=O)c1ccc(I)c(OC(C)C)c1. The lowest BCUT2D eigenvalue weighted by molar-refractivity contribution is 0.0962. The minimum atomic E-state index is -0.0972. The van der Waals surface area contributed by atoms with Crippen molar-refractivity contribution >= 4 is 28.5 Å². The van der Waals surface area contributed by atoms with Gasteiger partial charge in [0.05, 0.1) is 9.67 Å². The molecule has 15 heavy (non-hydrogen) atoms. The van der Waals surface area contributed by atoms with Crippen LogP contribution >= 0.6 is 22.6 Å². The molecule has 0 bridgehead atoms. The zero-order valence-electron chi connectivity index (χ0n) is 9.00. The van der Waals surface area contributed by atoms with Crippen molar-refractivity contribution in [3.05, 3.63) is 27.3 Å². The van der Waals surface area contributed by atoms with Gasteiger partial charge in [-0.15, -0.1) is 0 Å². The van der Waals surface area contributed by atoms with Crippen molar-refractivity contribution in [2.45, 2.75) is 20.0 Å². The number of carbonyl (C=O) groups is 1. The molecule has 0 unspecified atom stereocenters. The fraction of sp³-hybridized carbons (Fsp3) is 0.364. The molecule has 0 atom stereocenters. The lowest BCUT2D eigenvalue weighted by atomic mass is 10.2. The molecule has 82 valence electrons. The Kier molecular flexibility index (Phi) is 4.38. The molecule has 1 rings (SSSR count). The van der Waals surface area contributed by atoms with E-state index in [1.165, 1.54) is 0 Å². The van der Waals surface area contributed by atoms with Crippen molar-refractivity contribution in [1.29, 1.82) is 0 Å². The van der Waals surface area contributed by atoms with Crippen molar-refractivity contribution in [1.82, 2.24) is 5.32 Å². The van der Waals surface area contributed by atoms with E-state index in [4.69, 9.17) is 4.74 Å². The van der Waals surface area contributed by atoms with E-state index in [9.17, 15) is 4.79 Å². The van der Waals surface area contributed by atoms with Crippen LogP contribution in [0, 0.1) is 3.57 Å². The van der Waals surface area contributed by atoms with Crippen LogP contribution in [0.2, 0.25) is 0 Å². The molecular weight excluding hydrogens is 305 g/mol. The summed E-state index contributed by atoms with van der Waals surface area (Å²) in [5.41, 5.74) is 0.619. The van der Waals surface area contributed by atoms with Crippen molar-refractivity contribution < 1.29 is 9.53 Å². The van der Waals surface area contributed by atoms with Crippen LogP contribution in [-0.2, 0) is 0 Å². The second-order valence-electron chi connectivity index (χ2n) is 3.39. The van der Waals surface area contributed by atoms with Gasteiger partial charge in [-0.25, -0.2) is 0 Å². The smallest absolute Gasteiger partial charge is 0.251 e. The quantitative estimate of drug-likeness (QED) is 0.869. The van der Waals surface area contributed by atoms with Gasteiger partial charge >= 0.3 is 0 Å². The van der Waals surface area contributed by atoms with Crippen LogP contribution < -0.4 is 10.1 Å². The molecule has 0 aliphatic carbocycles. The Bertz CT molecular complexity index is 364. The molecule has 0 radical (unpaired) electrons. The predicted molar refractivity (Wildman–Crippen MR) is 68.3 cm³/mol. The Morgan fingerprint density at radius 3 is 2.67 bits per heavy atom. The fourth-order valence-corrected chi connectivity index (χ4v) is 1.60. The topological polar surface area (TPSA) is 38.3 Å². The number of hydrogen-bond acceptors (Lipinski definition) is 2. The highest BCUT2D eigenvalue weighted by Crippen LogP contribution is 2.23. The van der Waals surface area contributed by atoms with E-state index in [0.29, 0.717) is 5.56 Å². The highest BCUT2D eigenvalue weighted by atomic mass is 127. The lowest BCUT2D eigenvalue weighted by Crippen LogP contribution is -2.18. The van der Waals surface area contributed by atoms with Gasteiger partial charge in [-0.2, -0.15) is 0 Å². The first-order valence-corrected chi connectivity index (χ1v) is 5.80. The minimum absolute atomic E-state index is 0.0972. The number of amides is 1. The summed E-state index contributed by atoms with van der Waals surface area (Å²) >= 11 is 2.19. The second-order valence-corrected chi connectivity index (χ2v) is 4.55. The standard InChI is InChI=1S/C11H14INO2/c1-7(2)15-10-6-8(11(14)13-3)4-5-9(10)12/h4-7H,1-3H3,(H,13,14). The average Bonchev–Trinajstić information content (AvgIpc) is 2.19. The third kappa shape index (κ3) is 3.37. The highest BCUT2D eigenvalue weighted by molar-refractivity contribution is 14.1. The molecule has 0 aliphatic heterocycles. The largest absolute Gasteiger partial charge is 0.490 e.